The van der Waals surface area contributed by atoms with Crippen LogP contribution in [0.4, 0.5) is 4.79 Å². The molecular weight excluding hydrogens is 400 g/mol. The third kappa shape index (κ3) is 7.48. The van der Waals surface area contributed by atoms with Crippen LogP contribution in [0.15, 0.2) is 15.6 Å². The van der Waals surface area contributed by atoms with E-state index in [9.17, 15) is 19.5 Å². The molecule has 0 aromatic carbocycles. The number of carboxylic acid groups (broad SMARTS) is 1. The molecular formula is C17H26N6O7. The van der Waals surface area contributed by atoms with Crippen molar-refractivity contribution >= 4 is 23.9 Å². The minimum atomic E-state index is -1.37. The second kappa shape index (κ2) is 11.5. The second-order valence-corrected chi connectivity index (χ2v) is 6.33. The molecule has 0 radical (unpaired) electrons. The van der Waals surface area contributed by atoms with E-state index in [4.69, 9.17) is 14.0 Å². The van der Waals surface area contributed by atoms with Gasteiger partial charge in [-0.1, -0.05) is 13.3 Å². The molecule has 2 unspecified atom stereocenters. The van der Waals surface area contributed by atoms with Crippen molar-refractivity contribution < 1.29 is 33.5 Å². The fourth-order valence-electron chi connectivity index (χ4n) is 2.29. The maximum Gasteiger partial charge on any atom is 0.407 e. The van der Waals surface area contributed by atoms with Crippen LogP contribution in [0, 0.1) is 0 Å². The van der Waals surface area contributed by atoms with Crippen molar-refractivity contribution in [3.8, 4) is 5.88 Å². The van der Waals surface area contributed by atoms with E-state index in [2.05, 4.69) is 31.4 Å². The Morgan fingerprint density at radius 1 is 1.40 bits per heavy atom. The van der Waals surface area contributed by atoms with Crippen molar-refractivity contribution in [2.75, 3.05) is 26.2 Å². The number of aliphatic imine (C=N–C) groups is 1. The van der Waals surface area contributed by atoms with Crippen LogP contribution >= 0.6 is 0 Å². The summed E-state index contributed by atoms with van der Waals surface area (Å²) in [6, 6.07) is -0.106. The summed E-state index contributed by atoms with van der Waals surface area (Å²) in [5.74, 6) is -1.56. The van der Waals surface area contributed by atoms with Gasteiger partial charge in [0.1, 0.15) is 6.04 Å². The number of hydrogen-bond donors (Lipinski definition) is 5. The molecule has 5 N–H and O–H groups in total. The minimum Gasteiger partial charge on any atom is -0.480 e. The van der Waals surface area contributed by atoms with E-state index in [-0.39, 0.29) is 24.8 Å². The molecule has 2 amide bonds. The van der Waals surface area contributed by atoms with E-state index in [1.165, 1.54) is 6.07 Å². The zero-order valence-electron chi connectivity index (χ0n) is 16.8. The van der Waals surface area contributed by atoms with Gasteiger partial charge in [-0.15, -0.1) is 0 Å². The number of nitrogens with zero attached hydrogens (tertiary/aromatic N) is 2. The van der Waals surface area contributed by atoms with Crippen molar-refractivity contribution in [1.29, 1.82) is 0 Å². The molecule has 1 aromatic heterocycles. The largest absolute Gasteiger partial charge is 0.480 e. The lowest BCUT2D eigenvalue weighted by Crippen LogP contribution is -2.48. The molecule has 13 heteroatoms. The van der Waals surface area contributed by atoms with E-state index in [0.29, 0.717) is 18.9 Å². The molecule has 0 aliphatic carbocycles. The summed E-state index contributed by atoms with van der Waals surface area (Å²) in [7, 11) is 0. The Hall–Kier alpha value is -3.51. The van der Waals surface area contributed by atoms with Crippen molar-refractivity contribution in [2.45, 2.75) is 39.0 Å². The van der Waals surface area contributed by atoms with E-state index >= 15 is 0 Å². The van der Waals surface area contributed by atoms with E-state index in [1.807, 2.05) is 6.92 Å². The van der Waals surface area contributed by atoms with Gasteiger partial charge >= 0.3 is 12.1 Å². The number of alkyl carbamates (subject to hydrolysis) is 1. The summed E-state index contributed by atoms with van der Waals surface area (Å²) in [5.41, 5.74) is 0. The number of amides is 2. The van der Waals surface area contributed by atoms with Crippen LogP contribution in [-0.2, 0) is 9.53 Å². The van der Waals surface area contributed by atoms with Gasteiger partial charge in [0.25, 0.3) is 11.8 Å². The summed E-state index contributed by atoms with van der Waals surface area (Å²) in [4.78, 5) is 39.2. The maximum atomic E-state index is 12.2. The van der Waals surface area contributed by atoms with Crippen LogP contribution < -0.4 is 26.0 Å². The number of carbonyl (C=O) groups is 3. The molecule has 2 heterocycles. The SMILES string of the molecule is CCCCOC(=O)NC(CNC(=O)c1cc(OC(C)NC2=NCCN2)no1)C(=O)O. The average molecular weight is 426 g/mol. The van der Waals surface area contributed by atoms with Crippen molar-refractivity contribution in [3.63, 3.8) is 0 Å². The van der Waals surface area contributed by atoms with Crippen molar-refractivity contribution in [3.05, 3.63) is 11.8 Å². The van der Waals surface area contributed by atoms with Crippen molar-refractivity contribution in [1.82, 2.24) is 26.4 Å². The fourth-order valence-corrected chi connectivity index (χ4v) is 2.29. The van der Waals surface area contributed by atoms with E-state index in [1.54, 1.807) is 6.92 Å². The Balaban J connectivity index is 1.80. The standard InChI is InChI=1S/C17H26N6O7/c1-3-4-7-28-17(27)22-11(15(25)26)9-20-14(24)12-8-13(23-30-12)29-10(2)21-16-18-5-6-19-16/h8,10-11H,3-7,9H2,1-2H3,(H,20,24)(H,22,27)(H,25,26)(H2,18,19,21). The monoisotopic (exact) mass is 426 g/mol. The maximum absolute atomic E-state index is 12.2. The summed E-state index contributed by atoms with van der Waals surface area (Å²) in [6.07, 6.45) is 0.129. The third-order valence-corrected chi connectivity index (χ3v) is 3.81. The Kier molecular flexibility index (Phi) is 8.72. The Morgan fingerprint density at radius 2 is 2.20 bits per heavy atom. The van der Waals surface area contributed by atoms with Gasteiger partial charge in [-0.2, -0.15) is 0 Å². The zero-order chi connectivity index (χ0) is 21.9. The van der Waals surface area contributed by atoms with Crippen LogP contribution in [0.2, 0.25) is 0 Å². The van der Waals surface area contributed by atoms with Crippen LogP contribution in [0.1, 0.15) is 37.2 Å². The molecule has 0 saturated heterocycles. The van der Waals surface area contributed by atoms with E-state index < -0.39 is 30.2 Å². The lowest BCUT2D eigenvalue weighted by atomic mass is 10.3. The van der Waals surface area contributed by atoms with Crippen LogP contribution in [0.25, 0.3) is 0 Å². The quantitative estimate of drug-likeness (QED) is 0.232. The number of unbranched alkanes of at least 4 members (excludes halogenated alkanes) is 1. The van der Waals surface area contributed by atoms with Crippen LogP contribution in [0.3, 0.4) is 0 Å². The molecule has 2 atom stereocenters. The number of aromatic nitrogens is 1. The summed E-state index contributed by atoms with van der Waals surface area (Å²) < 4.78 is 15.3. The number of carbonyl (C=O) groups excluding carboxylic acids is 2. The first-order valence-corrected chi connectivity index (χ1v) is 9.51. The topological polar surface area (TPSA) is 176 Å². The highest BCUT2D eigenvalue weighted by Gasteiger charge is 2.23. The number of aliphatic carboxylic acids is 1. The first kappa shape index (κ1) is 22.8. The number of hydrogen-bond acceptors (Lipinski definition) is 10. The molecule has 0 spiro atoms. The molecule has 166 valence electrons. The Labute approximate surface area is 172 Å². The zero-order valence-corrected chi connectivity index (χ0v) is 16.8. The van der Waals surface area contributed by atoms with Crippen LogP contribution in [-0.4, -0.2) is 72.7 Å². The third-order valence-electron chi connectivity index (χ3n) is 3.81. The molecule has 0 saturated carbocycles. The van der Waals surface area contributed by atoms with Gasteiger partial charge in [0.15, 0.2) is 12.2 Å². The lowest BCUT2D eigenvalue weighted by molar-refractivity contribution is -0.139. The van der Waals surface area contributed by atoms with Gasteiger partial charge in [-0.25, -0.2) is 9.59 Å². The Morgan fingerprint density at radius 3 is 2.87 bits per heavy atom. The molecule has 0 fully saturated rings. The second-order valence-electron chi connectivity index (χ2n) is 6.33. The highest BCUT2D eigenvalue weighted by atomic mass is 16.6. The summed E-state index contributed by atoms with van der Waals surface area (Å²) in [5, 5.41) is 23.4. The average Bonchev–Trinajstić information content (AvgIpc) is 3.37. The number of guanidine groups is 1. The molecule has 0 bridgehead atoms. The van der Waals surface area contributed by atoms with Crippen molar-refractivity contribution in [2.24, 2.45) is 4.99 Å². The smallest absolute Gasteiger partial charge is 0.407 e. The number of nitrogens with one attached hydrogen (secondary N) is 4. The molecule has 2 rings (SSSR count). The van der Waals surface area contributed by atoms with Gasteiger partial charge in [0, 0.05) is 13.1 Å². The Bertz CT molecular complexity index is 766. The predicted octanol–water partition coefficient (Wildman–Crippen LogP) is -0.342. The first-order valence-electron chi connectivity index (χ1n) is 9.51. The first-order chi connectivity index (χ1) is 14.4. The lowest BCUT2D eigenvalue weighted by Gasteiger charge is -2.15. The van der Waals surface area contributed by atoms with Gasteiger partial charge in [0.2, 0.25) is 5.76 Å². The van der Waals surface area contributed by atoms with Gasteiger partial charge in [-0.3, -0.25) is 9.79 Å². The highest BCUT2D eigenvalue weighted by Crippen LogP contribution is 2.12. The summed E-state index contributed by atoms with van der Waals surface area (Å²) >= 11 is 0. The highest BCUT2D eigenvalue weighted by molar-refractivity contribution is 5.92. The van der Waals surface area contributed by atoms with Gasteiger partial charge < -0.3 is 40.4 Å². The fraction of sp³-hybridized carbons (Fsp3) is 0.588. The number of ether oxygens (including phenoxy) is 2. The molecule has 30 heavy (non-hydrogen) atoms. The molecule has 1 aliphatic heterocycles. The number of carboxylic acids is 1. The summed E-state index contributed by atoms with van der Waals surface area (Å²) in [6.45, 7) is 4.86. The van der Waals surface area contributed by atoms with Crippen LogP contribution in [0.5, 0.6) is 5.88 Å². The number of rotatable bonds is 11. The molecule has 1 aliphatic rings. The van der Waals surface area contributed by atoms with E-state index in [0.717, 1.165) is 13.0 Å². The normalized spacial score (nSPS) is 14.7. The molecule has 1 aromatic rings. The predicted molar refractivity (Wildman–Crippen MR) is 103 cm³/mol. The van der Waals surface area contributed by atoms with Gasteiger partial charge in [-0.05, 0) is 18.5 Å². The minimum absolute atomic E-state index is 0.0613. The molecule has 13 nitrogen and oxygen atoms in total. The van der Waals surface area contributed by atoms with Gasteiger partial charge in [0.05, 0.1) is 19.2 Å².